The van der Waals surface area contributed by atoms with Crippen LogP contribution in [0.2, 0.25) is 0 Å². The van der Waals surface area contributed by atoms with Crippen LogP contribution in [-0.2, 0) is 9.47 Å². The summed E-state index contributed by atoms with van der Waals surface area (Å²) >= 11 is 0. The van der Waals surface area contributed by atoms with Gasteiger partial charge in [0.05, 0.1) is 19.8 Å². The Balaban J connectivity index is 1.95. The van der Waals surface area contributed by atoms with Crippen LogP contribution in [0.5, 0.6) is 0 Å². The molecule has 0 bridgehead atoms. The Kier molecular flexibility index (Phi) is 6.60. The highest BCUT2D eigenvalue weighted by Gasteiger charge is 2.03. The van der Waals surface area contributed by atoms with Crippen molar-refractivity contribution in [2.45, 2.75) is 13.3 Å². The van der Waals surface area contributed by atoms with E-state index in [0.29, 0.717) is 13.2 Å². The first-order valence-electron chi connectivity index (χ1n) is 5.70. The standard InChI is InChI=1S/C11H20N2O3/c1-2-16-11(14)13-6-5-12-8-10-4-3-7-15-9-10/h4,12H,2-3,5-9H2,1H3,(H,13,14). The van der Waals surface area contributed by atoms with Crippen molar-refractivity contribution in [2.24, 2.45) is 0 Å². The van der Waals surface area contributed by atoms with Gasteiger partial charge in [-0.25, -0.2) is 4.79 Å². The molecule has 0 aromatic carbocycles. The van der Waals surface area contributed by atoms with Gasteiger partial charge in [-0.1, -0.05) is 6.08 Å². The molecule has 16 heavy (non-hydrogen) atoms. The van der Waals surface area contributed by atoms with E-state index in [1.165, 1.54) is 5.57 Å². The molecule has 0 atom stereocenters. The second-order valence-corrected chi connectivity index (χ2v) is 3.53. The van der Waals surface area contributed by atoms with Gasteiger partial charge in [0.1, 0.15) is 0 Å². The highest BCUT2D eigenvalue weighted by Crippen LogP contribution is 2.03. The molecule has 1 aliphatic heterocycles. The number of alkyl carbamates (subject to hydrolysis) is 1. The second kappa shape index (κ2) is 8.13. The molecule has 0 saturated carbocycles. The van der Waals surface area contributed by atoms with Crippen LogP contribution in [0.15, 0.2) is 11.6 Å². The fraction of sp³-hybridized carbons (Fsp3) is 0.727. The number of carbonyl (C=O) groups excluding carboxylic acids is 1. The Hall–Kier alpha value is -1.07. The first kappa shape index (κ1) is 13.0. The normalized spacial score (nSPS) is 15.4. The average Bonchev–Trinajstić information content (AvgIpc) is 2.30. The first-order chi connectivity index (χ1) is 7.83. The lowest BCUT2D eigenvalue weighted by atomic mass is 10.2. The van der Waals surface area contributed by atoms with E-state index in [0.717, 1.165) is 32.7 Å². The van der Waals surface area contributed by atoms with Gasteiger partial charge in [0.2, 0.25) is 0 Å². The van der Waals surface area contributed by atoms with Crippen LogP contribution in [0, 0.1) is 0 Å². The Bertz CT molecular complexity index is 241. The summed E-state index contributed by atoms with van der Waals surface area (Å²) in [5.74, 6) is 0. The minimum absolute atomic E-state index is 0.357. The molecule has 1 rings (SSSR count). The third kappa shape index (κ3) is 5.72. The molecule has 0 fully saturated rings. The SMILES string of the molecule is CCOC(=O)NCCNCC1=CCCOC1. The van der Waals surface area contributed by atoms with Crippen LogP contribution in [0.3, 0.4) is 0 Å². The lowest BCUT2D eigenvalue weighted by Gasteiger charge is -2.14. The molecule has 0 aliphatic carbocycles. The zero-order valence-electron chi connectivity index (χ0n) is 9.75. The van der Waals surface area contributed by atoms with Crippen LogP contribution in [0.1, 0.15) is 13.3 Å². The zero-order chi connectivity index (χ0) is 11.6. The Morgan fingerprint density at radius 3 is 3.12 bits per heavy atom. The fourth-order valence-electron chi connectivity index (χ4n) is 1.42. The van der Waals surface area contributed by atoms with Crippen LogP contribution in [-0.4, -0.2) is 45.5 Å². The summed E-state index contributed by atoms with van der Waals surface area (Å²) in [6.45, 7) is 5.87. The van der Waals surface area contributed by atoms with Crippen molar-refractivity contribution in [3.8, 4) is 0 Å². The maximum Gasteiger partial charge on any atom is 0.407 e. The molecule has 5 nitrogen and oxygen atoms in total. The molecular weight excluding hydrogens is 208 g/mol. The second-order valence-electron chi connectivity index (χ2n) is 3.53. The topological polar surface area (TPSA) is 59.6 Å². The number of rotatable bonds is 6. The minimum Gasteiger partial charge on any atom is -0.450 e. The summed E-state index contributed by atoms with van der Waals surface area (Å²) in [5.41, 5.74) is 1.28. The number of carbonyl (C=O) groups is 1. The molecule has 1 heterocycles. The number of ether oxygens (including phenoxy) is 2. The molecule has 0 aromatic heterocycles. The van der Waals surface area contributed by atoms with Crippen molar-refractivity contribution < 1.29 is 14.3 Å². The predicted octanol–water partition coefficient (Wildman–Crippen LogP) is 0.669. The lowest BCUT2D eigenvalue weighted by molar-refractivity contribution is 0.148. The van der Waals surface area contributed by atoms with E-state index >= 15 is 0 Å². The van der Waals surface area contributed by atoms with E-state index in [2.05, 4.69) is 16.7 Å². The maximum atomic E-state index is 10.9. The van der Waals surface area contributed by atoms with E-state index in [-0.39, 0.29) is 6.09 Å². The van der Waals surface area contributed by atoms with Crippen molar-refractivity contribution in [2.75, 3.05) is 39.5 Å². The molecule has 0 unspecified atom stereocenters. The van der Waals surface area contributed by atoms with Crippen molar-refractivity contribution in [1.29, 1.82) is 0 Å². The van der Waals surface area contributed by atoms with E-state index < -0.39 is 0 Å². The monoisotopic (exact) mass is 228 g/mol. The van der Waals surface area contributed by atoms with Gasteiger partial charge in [-0.3, -0.25) is 0 Å². The van der Waals surface area contributed by atoms with Gasteiger partial charge in [0.25, 0.3) is 0 Å². The maximum absolute atomic E-state index is 10.9. The van der Waals surface area contributed by atoms with Crippen molar-refractivity contribution in [3.05, 3.63) is 11.6 Å². The number of nitrogens with one attached hydrogen (secondary N) is 2. The van der Waals surface area contributed by atoms with Crippen LogP contribution >= 0.6 is 0 Å². The van der Waals surface area contributed by atoms with Crippen LogP contribution < -0.4 is 10.6 Å². The third-order valence-electron chi connectivity index (χ3n) is 2.18. The van der Waals surface area contributed by atoms with Gasteiger partial charge >= 0.3 is 6.09 Å². The summed E-state index contributed by atoms with van der Waals surface area (Å²) in [6.07, 6.45) is 2.84. The zero-order valence-corrected chi connectivity index (χ0v) is 9.75. The van der Waals surface area contributed by atoms with Gasteiger partial charge in [-0.05, 0) is 18.9 Å². The molecule has 1 amide bonds. The summed E-state index contributed by atoms with van der Waals surface area (Å²) in [6, 6.07) is 0. The quantitative estimate of drug-likeness (QED) is 0.518. The van der Waals surface area contributed by atoms with Crippen molar-refractivity contribution >= 4 is 6.09 Å². The van der Waals surface area contributed by atoms with Crippen molar-refractivity contribution in [1.82, 2.24) is 10.6 Å². The smallest absolute Gasteiger partial charge is 0.407 e. The number of hydrogen-bond donors (Lipinski definition) is 2. The summed E-state index contributed by atoms with van der Waals surface area (Å²) in [4.78, 5) is 10.9. The molecule has 0 saturated heterocycles. The summed E-state index contributed by atoms with van der Waals surface area (Å²) in [7, 11) is 0. The Labute approximate surface area is 96.2 Å². The van der Waals surface area contributed by atoms with Gasteiger partial charge in [-0.2, -0.15) is 0 Å². The predicted molar refractivity (Wildman–Crippen MR) is 61.4 cm³/mol. The van der Waals surface area contributed by atoms with Gasteiger partial charge in [-0.15, -0.1) is 0 Å². The molecule has 92 valence electrons. The minimum atomic E-state index is -0.357. The van der Waals surface area contributed by atoms with E-state index in [4.69, 9.17) is 9.47 Å². The Morgan fingerprint density at radius 2 is 2.44 bits per heavy atom. The first-order valence-corrected chi connectivity index (χ1v) is 5.70. The largest absolute Gasteiger partial charge is 0.450 e. The molecule has 5 heteroatoms. The van der Waals surface area contributed by atoms with Gasteiger partial charge in [0, 0.05) is 19.6 Å². The van der Waals surface area contributed by atoms with Crippen LogP contribution in [0.25, 0.3) is 0 Å². The highest BCUT2D eigenvalue weighted by molar-refractivity contribution is 5.66. The van der Waals surface area contributed by atoms with Gasteiger partial charge < -0.3 is 20.1 Å². The molecular formula is C11H20N2O3. The summed E-state index contributed by atoms with van der Waals surface area (Å²) < 4.78 is 10.0. The number of amides is 1. The molecule has 1 aliphatic rings. The lowest BCUT2D eigenvalue weighted by Crippen LogP contribution is -2.33. The number of hydrogen-bond acceptors (Lipinski definition) is 4. The van der Waals surface area contributed by atoms with Crippen molar-refractivity contribution in [3.63, 3.8) is 0 Å². The van der Waals surface area contributed by atoms with E-state index in [1.54, 1.807) is 6.92 Å². The Morgan fingerprint density at radius 1 is 1.56 bits per heavy atom. The average molecular weight is 228 g/mol. The molecule has 0 spiro atoms. The van der Waals surface area contributed by atoms with E-state index in [1.807, 2.05) is 0 Å². The van der Waals surface area contributed by atoms with E-state index in [9.17, 15) is 4.79 Å². The molecule has 0 aromatic rings. The molecule has 0 radical (unpaired) electrons. The fourth-order valence-corrected chi connectivity index (χ4v) is 1.42. The third-order valence-corrected chi connectivity index (χ3v) is 2.18. The van der Waals surface area contributed by atoms with Gasteiger partial charge in [0.15, 0.2) is 0 Å². The molecule has 2 N–H and O–H groups in total. The highest BCUT2D eigenvalue weighted by atomic mass is 16.5. The van der Waals surface area contributed by atoms with Crippen LogP contribution in [0.4, 0.5) is 4.79 Å². The summed E-state index contributed by atoms with van der Waals surface area (Å²) in [5, 5.41) is 5.88.